The van der Waals surface area contributed by atoms with Crippen molar-refractivity contribution < 1.29 is 9.59 Å². The Morgan fingerprint density at radius 2 is 1.67 bits per heavy atom. The van der Waals surface area contributed by atoms with E-state index in [0.717, 1.165) is 21.9 Å². The fraction of sp³-hybridized carbons (Fsp3) is 0.0556. The summed E-state index contributed by atoms with van der Waals surface area (Å²) in [4.78, 5) is 35.3. The Labute approximate surface area is 136 Å². The van der Waals surface area contributed by atoms with Gasteiger partial charge in [0.15, 0.2) is 0 Å². The molecule has 2 aromatic heterocycles. The van der Waals surface area contributed by atoms with Crippen LogP contribution in [0.5, 0.6) is 0 Å². The quantitative estimate of drug-likeness (QED) is 0.400. The third-order valence-electron chi connectivity index (χ3n) is 3.95. The number of aryl methyl sites for hydroxylation is 1. The van der Waals surface area contributed by atoms with Gasteiger partial charge in [-0.1, -0.05) is 30.3 Å². The average molecular weight is 318 g/mol. The van der Waals surface area contributed by atoms with Crippen molar-refractivity contribution in [1.29, 1.82) is 0 Å². The molecule has 0 fully saturated rings. The van der Waals surface area contributed by atoms with Gasteiger partial charge in [-0.05, 0) is 25.1 Å². The van der Waals surface area contributed by atoms with Crippen LogP contribution in [0.2, 0.25) is 0 Å². The molecule has 2 aromatic carbocycles. The van der Waals surface area contributed by atoms with Gasteiger partial charge in [0.1, 0.15) is 0 Å². The Balaban J connectivity index is 1.66. The maximum Gasteiger partial charge on any atom is 0.299 e. The largest absolute Gasteiger partial charge is 0.358 e. The fourth-order valence-electron chi connectivity index (χ4n) is 2.86. The molecule has 4 rings (SSSR count). The highest BCUT2D eigenvalue weighted by Gasteiger charge is 2.23. The SMILES string of the molecule is Cc1[nH]c2ccccc2c1C(=O)C(=O)Nc1nc2ccccc2[nH]1. The topological polar surface area (TPSA) is 90.6 Å². The van der Waals surface area contributed by atoms with Crippen molar-refractivity contribution in [2.24, 2.45) is 0 Å². The minimum atomic E-state index is -0.720. The van der Waals surface area contributed by atoms with Gasteiger partial charge in [0, 0.05) is 16.6 Å². The van der Waals surface area contributed by atoms with Crippen molar-refractivity contribution in [2.75, 3.05) is 5.32 Å². The summed E-state index contributed by atoms with van der Waals surface area (Å²) >= 11 is 0. The zero-order valence-corrected chi connectivity index (χ0v) is 12.9. The Bertz CT molecular complexity index is 1060. The van der Waals surface area contributed by atoms with Crippen LogP contribution in [0.4, 0.5) is 5.95 Å². The van der Waals surface area contributed by atoms with Gasteiger partial charge in [0.25, 0.3) is 11.7 Å². The summed E-state index contributed by atoms with van der Waals surface area (Å²) in [6, 6.07) is 14.8. The smallest absolute Gasteiger partial charge is 0.299 e. The number of amides is 1. The van der Waals surface area contributed by atoms with Crippen LogP contribution in [0.15, 0.2) is 48.5 Å². The Morgan fingerprint density at radius 1 is 0.958 bits per heavy atom. The van der Waals surface area contributed by atoms with E-state index in [9.17, 15) is 9.59 Å². The standard InChI is InChI=1S/C18H14N4O2/c1-10-15(11-6-2-3-7-12(11)19-10)16(23)17(24)22-18-20-13-8-4-5-9-14(13)21-18/h2-9,19H,1H3,(H2,20,21,22,24). The molecule has 4 aromatic rings. The number of carbonyl (C=O) groups is 2. The molecule has 0 aliphatic heterocycles. The van der Waals surface area contributed by atoms with Gasteiger partial charge in [0.2, 0.25) is 5.95 Å². The molecule has 0 unspecified atom stereocenters. The van der Waals surface area contributed by atoms with Crippen molar-refractivity contribution in [3.63, 3.8) is 0 Å². The van der Waals surface area contributed by atoms with E-state index in [1.807, 2.05) is 48.5 Å². The van der Waals surface area contributed by atoms with Crippen LogP contribution in [0, 0.1) is 6.92 Å². The molecule has 2 heterocycles. The maximum atomic E-state index is 12.6. The molecule has 3 N–H and O–H groups in total. The third-order valence-corrected chi connectivity index (χ3v) is 3.95. The van der Waals surface area contributed by atoms with E-state index in [0.29, 0.717) is 11.3 Å². The molecule has 0 spiro atoms. The van der Waals surface area contributed by atoms with Gasteiger partial charge in [-0.15, -0.1) is 0 Å². The number of carbonyl (C=O) groups excluding carboxylic acids is 2. The van der Waals surface area contributed by atoms with Crippen LogP contribution in [-0.2, 0) is 4.79 Å². The molecule has 6 heteroatoms. The first kappa shape index (κ1) is 14.2. The van der Waals surface area contributed by atoms with Crippen LogP contribution < -0.4 is 5.32 Å². The van der Waals surface area contributed by atoms with Crippen LogP contribution in [0.25, 0.3) is 21.9 Å². The van der Waals surface area contributed by atoms with Gasteiger partial charge >= 0.3 is 0 Å². The van der Waals surface area contributed by atoms with E-state index >= 15 is 0 Å². The lowest BCUT2D eigenvalue weighted by Crippen LogP contribution is -2.24. The fourth-order valence-corrected chi connectivity index (χ4v) is 2.86. The summed E-state index contributed by atoms with van der Waals surface area (Å²) in [5, 5.41) is 3.28. The van der Waals surface area contributed by atoms with Crippen molar-refractivity contribution >= 4 is 39.6 Å². The van der Waals surface area contributed by atoms with Crippen LogP contribution in [-0.4, -0.2) is 26.6 Å². The Hall–Kier alpha value is -3.41. The van der Waals surface area contributed by atoms with Crippen molar-refractivity contribution in [2.45, 2.75) is 6.92 Å². The molecule has 0 aliphatic carbocycles. The second-order valence-corrected chi connectivity index (χ2v) is 5.56. The number of aromatic amines is 2. The zero-order valence-electron chi connectivity index (χ0n) is 12.9. The zero-order chi connectivity index (χ0) is 16.7. The molecular weight excluding hydrogens is 304 g/mol. The highest BCUT2D eigenvalue weighted by Crippen LogP contribution is 2.23. The van der Waals surface area contributed by atoms with Crippen molar-refractivity contribution in [1.82, 2.24) is 15.0 Å². The molecule has 1 amide bonds. The number of fused-ring (bicyclic) bond motifs is 2. The number of benzene rings is 2. The van der Waals surface area contributed by atoms with E-state index in [1.165, 1.54) is 0 Å². The number of para-hydroxylation sites is 3. The average Bonchev–Trinajstić information content (AvgIpc) is 3.13. The minimum absolute atomic E-state index is 0.257. The number of imidazole rings is 1. The van der Waals surface area contributed by atoms with E-state index in [4.69, 9.17) is 0 Å². The van der Waals surface area contributed by atoms with Gasteiger partial charge in [-0.3, -0.25) is 14.9 Å². The first-order valence-corrected chi connectivity index (χ1v) is 7.51. The van der Waals surface area contributed by atoms with Crippen LogP contribution >= 0.6 is 0 Å². The minimum Gasteiger partial charge on any atom is -0.358 e. The number of anilines is 1. The monoisotopic (exact) mass is 318 g/mol. The summed E-state index contributed by atoms with van der Waals surface area (Å²) in [6.45, 7) is 1.78. The van der Waals surface area contributed by atoms with E-state index in [2.05, 4.69) is 20.3 Å². The van der Waals surface area contributed by atoms with Gasteiger partial charge in [-0.25, -0.2) is 4.98 Å². The first-order valence-electron chi connectivity index (χ1n) is 7.51. The summed E-state index contributed by atoms with van der Waals surface area (Å²) in [7, 11) is 0. The van der Waals surface area contributed by atoms with Crippen LogP contribution in [0.1, 0.15) is 16.1 Å². The number of nitrogens with zero attached hydrogens (tertiary/aromatic N) is 1. The summed E-state index contributed by atoms with van der Waals surface area (Å²) in [5.74, 6) is -1.06. The number of nitrogens with one attached hydrogen (secondary N) is 3. The second kappa shape index (κ2) is 5.34. The Morgan fingerprint density at radius 3 is 2.46 bits per heavy atom. The number of ketones is 1. The summed E-state index contributed by atoms with van der Waals surface area (Å²) < 4.78 is 0. The Kier molecular flexibility index (Phi) is 3.16. The molecule has 24 heavy (non-hydrogen) atoms. The van der Waals surface area contributed by atoms with Crippen molar-refractivity contribution in [3.05, 3.63) is 59.8 Å². The molecule has 0 radical (unpaired) electrons. The lowest BCUT2D eigenvalue weighted by molar-refractivity contribution is -0.112. The molecule has 0 aliphatic rings. The van der Waals surface area contributed by atoms with Gasteiger partial charge in [0.05, 0.1) is 16.6 Å². The molecular formula is C18H14N4O2. The number of hydrogen-bond acceptors (Lipinski definition) is 3. The summed E-state index contributed by atoms with van der Waals surface area (Å²) in [6.07, 6.45) is 0. The number of rotatable bonds is 3. The van der Waals surface area contributed by atoms with Crippen molar-refractivity contribution in [3.8, 4) is 0 Å². The van der Waals surface area contributed by atoms with E-state index in [-0.39, 0.29) is 5.95 Å². The third kappa shape index (κ3) is 2.25. The normalized spacial score (nSPS) is 11.0. The molecule has 6 nitrogen and oxygen atoms in total. The highest BCUT2D eigenvalue weighted by molar-refractivity contribution is 6.48. The highest BCUT2D eigenvalue weighted by atomic mass is 16.2. The lowest BCUT2D eigenvalue weighted by atomic mass is 10.1. The molecule has 0 bridgehead atoms. The van der Waals surface area contributed by atoms with E-state index < -0.39 is 11.7 Å². The number of Topliss-reactive ketones (excluding diaryl/α,β-unsaturated/α-hetero) is 1. The number of hydrogen-bond donors (Lipinski definition) is 3. The van der Waals surface area contributed by atoms with E-state index in [1.54, 1.807) is 6.92 Å². The molecule has 118 valence electrons. The number of H-pyrrole nitrogens is 2. The molecule has 0 saturated heterocycles. The van der Waals surface area contributed by atoms with Gasteiger partial charge < -0.3 is 9.97 Å². The van der Waals surface area contributed by atoms with Gasteiger partial charge in [-0.2, -0.15) is 0 Å². The lowest BCUT2D eigenvalue weighted by Gasteiger charge is -2.01. The summed E-state index contributed by atoms with van der Waals surface area (Å²) in [5.41, 5.74) is 3.40. The first-order chi connectivity index (χ1) is 11.6. The molecule has 0 saturated carbocycles. The van der Waals surface area contributed by atoms with Crippen LogP contribution in [0.3, 0.4) is 0 Å². The predicted octanol–water partition coefficient (Wildman–Crippen LogP) is 3.17. The predicted molar refractivity (Wildman–Crippen MR) is 92.1 cm³/mol. The second-order valence-electron chi connectivity index (χ2n) is 5.56. The molecule has 0 atom stereocenters. The number of aromatic nitrogens is 3. The maximum absolute atomic E-state index is 12.6.